The molecule has 0 amide bonds. The Morgan fingerprint density at radius 1 is 1.38 bits per heavy atom. The molecule has 1 heterocycles. The Morgan fingerprint density at radius 2 is 2.00 bits per heavy atom. The van der Waals surface area contributed by atoms with Gasteiger partial charge < -0.3 is 10.1 Å². The van der Waals surface area contributed by atoms with E-state index in [4.69, 9.17) is 4.74 Å². The van der Waals surface area contributed by atoms with Crippen molar-refractivity contribution < 1.29 is 4.74 Å². The summed E-state index contributed by atoms with van der Waals surface area (Å²) < 4.78 is 5.59. The quantitative estimate of drug-likeness (QED) is 0.712. The van der Waals surface area contributed by atoms with Crippen LogP contribution in [0.3, 0.4) is 0 Å². The van der Waals surface area contributed by atoms with Crippen molar-refractivity contribution in [3.63, 3.8) is 0 Å². The highest BCUT2D eigenvalue weighted by Crippen LogP contribution is 2.21. The fraction of sp³-hybridized carbons (Fsp3) is 1.00. The number of hydrogen-bond donors (Lipinski definition) is 1. The van der Waals surface area contributed by atoms with E-state index in [0.717, 1.165) is 25.4 Å². The maximum absolute atomic E-state index is 5.59. The van der Waals surface area contributed by atoms with Gasteiger partial charge in [-0.05, 0) is 12.8 Å². The van der Waals surface area contributed by atoms with Gasteiger partial charge in [0.05, 0.1) is 5.60 Å². The molecule has 1 aliphatic heterocycles. The Balaban J connectivity index is 2.27. The van der Waals surface area contributed by atoms with Crippen molar-refractivity contribution in [3.05, 3.63) is 0 Å². The first-order valence-corrected chi connectivity index (χ1v) is 6.28. The van der Waals surface area contributed by atoms with Crippen LogP contribution in [0.5, 0.6) is 0 Å². The Morgan fingerprint density at radius 3 is 2.31 bits per heavy atom. The third kappa shape index (κ3) is 2.86. The number of ether oxygens (including phenoxy) is 1. The number of nitrogens with one attached hydrogen (secondary N) is 1. The molecular weight excluding hydrogens is 182 g/mol. The largest absolute Gasteiger partial charge is 0.377 e. The maximum atomic E-state index is 5.59. The lowest BCUT2D eigenvalue weighted by Crippen LogP contribution is -2.49. The van der Waals surface area contributed by atoms with E-state index in [2.05, 4.69) is 19.2 Å². The van der Waals surface area contributed by atoms with Crippen LogP contribution in [-0.2, 0) is 4.74 Å². The summed E-state index contributed by atoms with van der Waals surface area (Å²) in [5, 5.41) is 3.57. The van der Waals surface area contributed by atoms with E-state index in [1.54, 1.807) is 0 Å². The van der Waals surface area contributed by atoms with Gasteiger partial charge in [-0.1, -0.05) is 13.8 Å². The van der Waals surface area contributed by atoms with E-state index < -0.39 is 0 Å². The van der Waals surface area contributed by atoms with E-state index >= 15 is 0 Å². The number of rotatable bonds is 6. The zero-order valence-corrected chi connectivity index (χ0v) is 9.75. The van der Waals surface area contributed by atoms with Crippen molar-refractivity contribution in [1.29, 1.82) is 0 Å². The van der Waals surface area contributed by atoms with Crippen LogP contribution >= 0.6 is 11.8 Å². The predicted octanol–water partition coefficient (Wildman–Crippen LogP) is 1.90. The van der Waals surface area contributed by atoms with Gasteiger partial charge in [-0.15, -0.1) is 0 Å². The zero-order chi connectivity index (χ0) is 9.73. The molecule has 0 spiro atoms. The molecular formula is C10H21NOS. The van der Waals surface area contributed by atoms with Crippen LogP contribution in [0.4, 0.5) is 0 Å². The predicted molar refractivity (Wildman–Crippen MR) is 59.4 cm³/mol. The zero-order valence-electron chi connectivity index (χ0n) is 8.93. The lowest BCUT2D eigenvalue weighted by atomic mass is 9.97. The van der Waals surface area contributed by atoms with Crippen LogP contribution in [0.1, 0.15) is 26.7 Å². The second-order valence-electron chi connectivity index (χ2n) is 3.71. The molecule has 0 aromatic heterocycles. The molecule has 1 saturated heterocycles. The summed E-state index contributed by atoms with van der Waals surface area (Å²) in [6, 6.07) is 0.734. The first-order valence-electron chi connectivity index (χ1n) is 5.12. The standard InChI is InChI=1S/C10H21NOS/c1-4-10(5-2,12-3)8-11-9-6-13-7-9/h9,11H,4-8H2,1-3H3. The summed E-state index contributed by atoms with van der Waals surface area (Å²) in [5.41, 5.74) is 0.0697. The number of hydrogen-bond acceptors (Lipinski definition) is 3. The second-order valence-corrected chi connectivity index (χ2v) is 4.78. The molecule has 1 rings (SSSR count). The summed E-state index contributed by atoms with van der Waals surface area (Å²) >= 11 is 2.02. The van der Waals surface area contributed by atoms with E-state index in [1.165, 1.54) is 11.5 Å². The topological polar surface area (TPSA) is 21.3 Å². The van der Waals surface area contributed by atoms with Gasteiger partial charge in [-0.3, -0.25) is 0 Å². The average molecular weight is 203 g/mol. The monoisotopic (exact) mass is 203 g/mol. The summed E-state index contributed by atoms with van der Waals surface area (Å²) in [4.78, 5) is 0. The Labute approximate surface area is 85.8 Å². The molecule has 3 heteroatoms. The second kappa shape index (κ2) is 5.23. The van der Waals surface area contributed by atoms with Crippen LogP contribution in [0, 0.1) is 0 Å². The molecule has 0 aliphatic carbocycles. The molecule has 1 fully saturated rings. The van der Waals surface area contributed by atoms with E-state index in [9.17, 15) is 0 Å². The normalized spacial score (nSPS) is 18.7. The fourth-order valence-corrected chi connectivity index (χ4v) is 2.25. The van der Waals surface area contributed by atoms with Gasteiger partial charge in [0.1, 0.15) is 0 Å². The van der Waals surface area contributed by atoms with Crippen LogP contribution in [0.2, 0.25) is 0 Å². The highest BCUT2D eigenvalue weighted by Gasteiger charge is 2.27. The molecule has 1 aliphatic rings. The van der Waals surface area contributed by atoms with Crippen molar-refractivity contribution in [2.75, 3.05) is 25.2 Å². The van der Waals surface area contributed by atoms with Crippen molar-refractivity contribution in [2.24, 2.45) is 0 Å². The van der Waals surface area contributed by atoms with Gasteiger partial charge >= 0.3 is 0 Å². The summed E-state index contributed by atoms with van der Waals surface area (Å²) in [6.07, 6.45) is 2.18. The van der Waals surface area contributed by atoms with Gasteiger partial charge in [0.15, 0.2) is 0 Å². The molecule has 0 radical (unpaired) electrons. The summed E-state index contributed by atoms with van der Waals surface area (Å²) in [7, 11) is 1.82. The molecule has 0 bridgehead atoms. The third-order valence-electron chi connectivity index (χ3n) is 3.07. The van der Waals surface area contributed by atoms with Gasteiger partial charge in [0.25, 0.3) is 0 Å². The van der Waals surface area contributed by atoms with Crippen LogP contribution in [-0.4, -0.2) is 36.8 Å². The van der Waals surface area contributed by atoms with Crippen LogP contribution in [0.15, 0.2) is 0 Å². The highest BCUT2D eigenvalue weighted by atomic mass is 32.2. The Bertz CT molecular complexity index is 136. The first-order chi connectivity index (χ1) is 6.26. The van der Waals surface area contributed by atoms with Crippen molar-refractivity contribution in [3.8, 4) is 0 Å². The third-order valence-corrected chi connectivity index (χ3v) is 4.35. The van der Waals surface area contributed by atoms with Crippen LogP contribution in [0.25, 0.3) is 0 Å². The SMILES string of the molecule is CCC(CC)(CNC1CSC1)OC. The van der Waals surface area contributed by atoms with Gasteiger partial charge in [0, 0.05) is 31.2 Å². The smallest absolute Gasteiger partial charge is 0.0797 e. The number of thioether (sulfide) groups is 1. The Kier molecular flexibility index (Phi) is 4.56. The fourth-order valence-electron chi connectivity index (χ4n) is 1.54. The molecule has 0 saturated carbocycles. The summed E-state index contributed by atoms with van der Waals surface area (Å²) in [5.74, 6) is 2.54. The van der Waals surface area contributed by atoms with Crippen molar-refractivity contribution >= 4 is 11.8 Å². The molecule has 13 heavy (non-hydrogen) atoms. The molecule has 1 N–H and O–H groups in total. The molecule has 2 nitrogen and oxygen atoms in total. The van der Waals surface area contributed by atoms with Gasteiger partial charge in [-0.2, -0.15) is 11.8 Å². The molecule has 78 valence electrons. The van der Waals surface area contributed by atoms with Crippen LogP contribution < -0.4 is 5.32 Å². The molecule has 0 aromatic carbocycles. The number of methoxy groups -OCH3 is 1. The van der Waals surface area contributed by atoms with E-state index in [-0.39, 0.29) is 5.60 Å². The molecule has 0 unspecified atom stereocenters. The minimum atomic E-state index is 0.0697. The minimum absolute atomic E-state index is 0.0697. The first kappa shape index (κ1) is 11.3. The average Bonchev–Trinajstić information content (AvgIpc) is 2.11. The lowest BCUT2D eigenvalue weighted by Gasteiger charge is -2.35. The van der Waals surface area contributed by atoms with E-state index in [0.29, 0.717) is 0 Å². The lowest BCUT2D eigenvalue weighted by molar-refractivity contribution is -0.0169. The molecule has 0 atom stereocenters. The van der Waals surface area contributed by atoms with E-state index in [1.807, 2.05) is 18.9 Å². The molecule has 0 aromatic rings. The minimum Gasteiger partial charge on any atom is -0.377 e. The van der Waals surface area contributed by atoms with Gasteiger partial charge in [-0.25, -0.2) is 0 Å². The van der Waals surface area contributed by atoms with Gasteiger partial charge in [0.2, 0.25) is 0 Å². The highest BCUT2D eigenvalue weighted by molar-refractivity contribution is 8.00. The maximum Gasteiger partial charge on any atom is 0.0797 e. The van der Waals surface area contributed by atoms with Crippen molar-refractivity contribution in [2.45, 2.75) is 38.3 Å². The summed E-state index contributed by atoms with van der Waals surface area (Å²) in [6.45, 7) is 5.40. The Hall–Kier alpha value is 0.270. The van der Waals surface area contributed by atoms with Crippen molar-refractivity contribution in [1.82, 2.24) is 5.32 Å².